The minimum atomic E-state index is 0.520. The highest BCUT2D eigenvalue weighted by atomic mass is 16.5. The van der Waals surface area contributed by atoms with E-state index in [1.807, 2.05) is 6.07 Å². The molecule has 0 bridgehead atoms. The summed E-state index contributed by atoms with van der Waals surface area (Å²) in [5.74, 6) is 0. The Labute approximate surface area is 98.0 Å². The minimum Gasteiger partial charge on any atom is -0.385 e. The van der Waals surface area contributed by atoms with Gasteiger partial charge in [-0.2, -0.15) is 0 Å². The molecule has 1 saturated heterocycles. The van der Waals surface area contributed by atoms with E-state index in [0.717, 1.165) is 13.2 Å². The maximum atomic E-state index is 5.70. The highest BCUT2D eigenvalue weighted by Gasteiger charge is 2.12. The van der Waals surface area contributed by atoms with Crippen LogP contribution >= 0.6 is 0 Å². The summed E-state index contributed by atoms with van der Waals surface area (Å²) >= 11 is 0. The highest BCUT2D eigenvalue weighted by Crippen LogP contribution is 2.17. The van der Waals surface area contributed by atoms with Crippen LogP contribution in [0.15, 0.2) is 30.3 Å². The van der Waals surface area contributed by atoms with Crippen LogP contribution < -0.4 is 5.32 Å². The Hall–Kier alpha value is -1.02. The zero-order valence-electron chi connectivity index (χ0n) is 9.82. The van der Waals surface area contributed by atoms with Gasteiger partial charge in [-0.15, -0.1) is 0 Å². The molecule has 2 rings (SSSR count). The van der Waals surface area contributed by atoms with Gasteiger partial charge in [-0.1, -0.05) is 18.2 Å². The Kier molecular flexibility index (Phi) is 4.69. The van der Waals surface area contributed by atoms with Crippen molar-refractivity contribution in [2.75, 3.05) is 18.5 Å². The first-order valence-electron chi connectivity index (χ1n) is 6.36. The van der Waals surface area contributed by atoms with Crippen LogP contribution in [0.2, 0.25) is 0 Å². The summed E-state index contributed by atoms with van der Waals surface area (Å²) in [6, 6.07) is 10.4. The first kappa shape index (κ1) is 11.5. The largest absolute Gasteiger partial charge is 0.385 e. The summed E-state index contributed by atoms with van der Waals surface area (Å²) in [6.45, 7) is 2.01. The van der Waals surface area contributed by atoms with Crippen molar-refractivity contribution in [3.63, 3.8) is 0 Å². The first-order valence-corrected chi connectivity index (χ1v) is 6.36. The fourth-order valence-corrected chi connectivity index (χ4v) is 2.15. The summed E-state index contributed by atoms with van der Waals surface area (Å²) in [6.07, 6.45) is 6.76. The number of nitrogens with one attached hydrogen (secondary N) is 1. The molecule has 0 spiro atoms. The van der Waals surface area contributed by atoms with Crippen molar-refractivity contribution in [2.24, 2.45) is 0 Å². The molecule has 2 nitrogen and oxygen atoms in total. The molecule has 16 heavy (non-hydrogen) atoms. The monoisotopic (exact) mass is 219 g/mol. The van der Waals surface area contributed by atoms with Crippen molar-refractivity contribution in [1.82, 2.24) is 0 Å². The van der Waals surface area contributed by atoms with Gasteiger partial charge in [-0.3, -0.25) is 0 Å². The fraction of sp³-hybridized carbons (Fsp3) is 0.571. The molecule has 1 aliphatic rings. The van der Waals surface area contributed by atoms with E-state index < -0.39 is 0 Å². The Morgan fingerprint density at radius 3 is 2.81 bits per heavy atom. The lowest BCUT2D eigenvalue weighted by Gasteiger charge is -2.22. The molecular weight excluding hydrogens is 198 g/mol. The second-order valence-corrected chi connectivity index (χ2v) is 4.42. The summed E-state index contributed by atoms with van der Waals surface area (Å²) in [5.41, 5.74) is 1.21. The van der Waals surface area contributed by atoms with Crippen LogP contribution in [0, 0.1) is 0 Å². The first-order chi connectivity index (χ1) is 7.95. The number of para-hydroxylation sites is 1. The zero-order chi connectivity index (χ0) is 11.1. The highest BCUT2D eigenvalue weighted by molar-refractivity contribution is 5.42. The lowest BCUT2D eigenvalue weighted by atomic mass is 10.0. The summed E-state index contributed by atoms with van der Waals surface area (Å²) in [5, 5.41) is 3.43. The SMILES string of the molecule is c1ccc(NCCCC2CCCCO2)cc1. The number of anilines is 1. The number of rotatable bonds is 5. The molecule has 1 unspecified atom stereocenters. The Morgan fingerprint density at radius 1 is 1.19 bits per heavy atom. The van der Waals surface area contributed by atoms with E-state index in [0.29, 0.717) is 6.10 Å². The smallest absolute Gasteiger partial charge is 0.0575 e. The summed E-state index contributed by atoms with van der Waals surface area (Å²) in [4.78, 5) is 0. The van der Waals surface area contributed by atoms with E-state index in [1.165, 1.54) is 37.8 Å². The third kappa shape index (κ3) is 3.86. The van der Waals surface area contributed by atoms with Gasteiger partial charge in [0, 0.05) is 18.8 Å². The van der Waals surface area contributed by atoms with E-state index >= 15 is 0 Å². The van der Waals surface area contributed by atoms with Crippen molar-refractivity contribution in [2.45, 2.75) is 38.2 Å². The van der Waals surface area contributed by atoms with Gasteiger partial charge in [0.15, 0.2) is 0 Å². The van der Waals surface area contributed by atoms with Crippen LogP contribution in [0.4, 0.5) is 5.69 Å². The summed E-state index contributed by atoms with van der Waals surface area (Å²) in [7, 11) is 0. The van der Waals surface area contributed by atoms with Crippen LogP contribution in [0.3, 0.4) is 0 Å². The molecule has 0 aromatic heterocycles. The van der Waals surface area contributed by atoms with E-state index in [4.69, 9.17) is 4.74 Å². The zero-order valence-corrected chi connectivity index (χ0v) is 9.82. The van der Waals surface area contributed by atoms with Crippen LogP contribution in [-0.4, -0.2) is 19.3 Å². The van der Waals surface area contributed by atoms with Crippen LogP contribution in [0.25, 0.3) is 0 Å². The molecule has 1 aliphatic heterocycles. The molecule has 1 fully saturated rings. The van der Waals surface area contributed by atoms with E-state index in [2.05, 4.69) is 29.6 Å². The van der Waals surface area contributed by atoms with Crippen LogP contribution in [0.5, 0.6) is 0 Å². The number of hydrogen-bond acceptors (Lipinski definition) is 2. The van der Waals surface area contributed by atoms with Gasteiger partial charge in [-0.25, -0.2) is 0 Å². The summed E-state index contributed by atoms with van der Waals surface area (Å²) < 4.78 is 5.70. The van der Waals surface area contributed by atoms with Gasteiger partial charge in [0.25, 0.3) is 0 Å². The van der Waals surface area contributed by atoms with Crippen LogP contribution in [0.1, 0.15) is 32.1 Å². The molecule has 0 amide bonds. The normalized spacial score (nSPS) is 20.6. The molecule has 1 heterocycles. The van der Waals surface area contributed by atoms with Gasteiger partial charge in [0.1, 0.15) is 0 Å². The lowest BCUT2D eigenvalue weighted by molar-refractivity contribution is 0.0107. The number of ether oxygens (including phenoxy) is 1. The average molecular weight is 219 g/mol. The number of benzene rings is 1. The molecule has 1 atom stereocenters. The molecule has 2 heteroatoms. The second kappa shape index (κ2) is 6.54. The molecule has 0 saturated carbocycles. The van der Waals surface area contributed by atoms with Crippen molar-refractivity contribution in [1.29, 1.82) is 0 Å². The fourth-order valence-electron chi connectivity index (χ4n) is 2.15. The van der Waals surface area contributed by atoms with Gasteiger partial charge < -0.3 is 10.1 Å². The maximum absolute atomic E-state index is 5.70. The van der Waals surface area contributed by atoms with E-state index in [-0.39, 0.29) is 0 Å². The molecule has 0 radical (unpaired) electrons. The second-order valence-electron chi connectivity index (χ2n) is 4.42. The predicted molar refractivity (Wildman–Crippen MR) is 67.8 cm³/mol. The van der Waals surface area contributed by atoms with Gasteiger partial charge >= 0.3 is 0 Å². The Balaban J connectivity index is 1.58. The lowest BCUT2D eigenvalue weighted by Crippen LogP contribution is -2.19. The molecule has 88 valence electrons. The third-order valence-electron chi connectivity index (χ3n) is 3.08. The van der Waals surface area contributed by atoms with Gasteiger partial charge in [-0.05, 0) is 44.2 Å². The third-order valence-corrected chi connectivity index (χ3v) is 3.08. The molecule has 1 N–H and O–H groups in total. The Bertz CT molecular complexity index is 280. The molecule has 0 aliphatic carbocycles. The quantitative estimate of drug-likeness (QED) is 0.766. The van der Waals surface area contributed by atoms with E-state index in [9.17, 15) is 0 Å². The molecule has 1 aromatic carbocycles. The van der Waals surface area contributed by atoms with Crippen molar-refractivity contribution in [3.05, 3.63) is 30.3 Å². The van der Waals surface area contributed by atoms with Crippen molar-refractivity contribution < 1.29 is 4.74 Å². The van der Waals surface area contributed by atoms with Crippen LogP contribution in [-0.2, 0) is 4.74 Å². The average Bonchev–Trinajstić information content (AvgIpc) is 2.37. The molecular formula is C14H21NO. The Morgan fingerprint density at radius 2 is 2.06 bits per heavy atom. The maximum Gasteiger partial charge on any atom is 0.0575 e. The predicted octanol–water partition coefficient (Wildman–Crippen LogP) is 3.45. The topological polar surface area (TPSA) is 21.3 Å². The number of hydrogen-bond donors (Lipinski definition) is 1. The van der Waals surface area contributed by atoms with Gasteiger partial charge in [0.2, 0.25) is 0 Å². The van der Waals surface area contributed by atoms with Gasteiger partial charge in [0.05, 0.1) is 6.10 Å². The van der Waals surface area contributed by atoms with E-state index in [1.54, 1.807) is 0 Å². The van der Waals surface area contributed by atoms with Crippen molar-refractivity contribution >= 4 is 5.69 Å². The minimum absolute atomic E-state index is 0.520. The van der Waals surface area contributed by atoms with Crippen molar-refractivity contribution in [3.8, 4) is 0 Å². The standard InChI is InChI=1S/C14H21NO/c1-2-7-13(8-3-1)15-11-6-10-14-9-4-5-12-16-14/h1-3,7-8,14-15H,4-6,9-12H2. The molecule has 1 aromatic rings.